The van der Waals surface area contributed by atoms with Crippen LogP contribution in [-0.2, 0) is 12.8 Å². The van der Waals surface area contributed by atoms with Gasteiger partial charge in [0.2, 0.25) is 0 Å². The number of guanidine groups is 1. The Morgan fingerprint density at radius 1 is 1.07 bits per heavy atom. The van der Waals surface area contributed by atoms with Crippen molar-refractivity contribution in [2.75, 3.05) is 20.1 Å². The first kappa shape index (κ1) is 23.1. The van der Waals surface area contributed by atoms with Crippen molar-refractivity contribution in [1.82, 2.24) is 25.4 Å². The molecule has 2 aromatic heterocycles. The van der Waals surface area contributed by atoms with Crippen LogP contribution in [0.4, 0.5) is 4.39 Å². The molecule has 6 nitrogen and oxygen atoms in total. The highest BCUT2D eigenvalue weighted by Gasteiger charge is 2.03. The summed E-state index contributed by atoms with van der Waals surface area (Å²) in [4.78, 5) is 8.29. The SMILES string of the molecule is CN=C(NCCc1ccc(Cl)nc1)NCCc1ccn(-c2ccc(F)cc2)n1.I. The molecule has 0 aliphatic rings. The van der Waals surface area contributed by atoms with Crippen molar-refractivity contribution in [2.45, 2.75) is 12.8 Å². The first-order valence-electron chi connectivity index (χ1n) is 8.99. The van der Waals surface area contributed by atoms with E-state index < -0.39 is 0 Å². The number of nitrogens with one attached hydrogen (secondary N) is 2. The summed E-state index contributed by atoms with van der Waals surface area (Å²) in [5.74, 6) is 0.478. The van der Waals surface area contributed by atoms with Gasteiger partial charge >= 0.3 is 0 Å². The van der Waals surface area contributed by atoms with Gasteiger partial charge < -0.3 is 10.6 Å². The minimum atomic E-state index is -0.258. The normalized spacial score (nSPS) is 11.1. The van der Waals surface area contributed by atoms with Crippen LogP contribution in [0.5, 0.6) is 0 Å². The molecule has 9 heteroatoms. The van der Waals surface area contributed by atoms with Crippen LogP contribution in [0.2, 0.25) is 5.15 Å². The summed E-state index contributed by atoms with van der Waals surface area (Å²) < 4.78 is 14.8. The van der Waals surface area contributed by atoms with Crippen LogP contribution in [0.25, 0.3) is 5.69 Å². The maximum absolute atomic E-state index is 13.0. The molecule has 3 rings (SSSR count). The van der Waals surface area contributed by atoms with E-state index in [0.29, 0.717) is 11.7 Å². The van der Waals surface area contributed by atoms with E-state index in [9.17, 15) is 4.39 Å². The Bertz CT molecular complexity index is 911. The van der Waals surface area contributed by atoms with Crippen LogP contribution in [-0.4, -0.2) is 40.9 Å². The van der Waals surface area contributed by atoms with Gasteiger partial charge in [0.1, 0.15) is 11.0 Å². The number of halogens is 3. The molecule has 0 fully saturated rings. The number of rotatable bonds is 7. The van der Waals surface area contributed by atoms with Crippen LogP contribution in [0.1, 0.15) is 11.3 Å². The lowest BCUT2D eigenvalue weighted by Crippen LogP contribution is -2.39. The molecule has 154 valence electrons. The minimum Gasteiger partial charge on any atom is -0.356 e. The van der Waals surface area contributed by atoms with Gasteiger partial charge in [0.15, 0.2) is 5.96 Å². The summed E-state index contributed by atoms with van der Waals surface area (Å²) >= 11 is 5.79. The summed E-state index contributed by atoms with van der Waals surface area (Å²) in [6.45, 7) is 1.44. The van der Waals surface area contributed by atoms with Gasteiger partial charge in [0.25, 0.3) is 0 Å². The van der Waals surface area contributed by atoms with E-state index in [2.05, 4.69) is 25.7 Å². The monoisotopic (exact) mass is 528 g/mol. The maximum Gasteiger partial charge on any atom is 0.190 e. The fourth-order valence-electron chi connectivity index (χ4n) is 2.64. The van der Waals surface area contributed by atoms with Gasteiger partial charge in [0, 0.05) is 39.0 Å². The molecule has 0 spiro atoms. The molecule has 2 heterocycles. The van der Waals surface area contributed by atoms with E-state index in [1.165, 1.54) is 12.1 Å². The van der Waals surface area contributed by atoms with Crippen LogP contribution in [0.15, 0.2) is 59.9 Å². The average Bonchev–Trinajstić information content (AvgIpc) is 3.17. The molecule has 0 atom stereocenters. The van der Waals surface area contributed by atoms with E-state index in [1.807, 2.05) is 18.3 Å². The van der Waals surface area contributed by atoms with Crippen molar-refractivity contribution >= 4 is 41.5 Å². The molecular weight excluding hydrogens is 506 g/mol. The highest BCUT2D eigenvalue weighted by Crippen LogP contribution is 2.09. The summed E-state index contributed by atoms with van der Waals surface area (Å²) in [5.41, 5.74) is 2.88. The van der Waals surface area contributed by atoms with Gasteiger partial charge in [-0.2, -0.15) is 5.10 Å². The zero-order chi connectivity index (χ0) is 19.8. The number of aromatic nitrogens is 3. The topological polar surface area (TPSA) is 67.1 Å². The molecule has 0 saturated heterocycles. The first-order valence-corrected chi connectivity index (χ1v) is 9.37. The van der Waals surface area contributed by atoms with Crippen molar-refractivity contribution in [3.8, 4) is 5.69 Å². The standard InChI is InChI=1S/C20H22ClFN6.HI/c1-23-20(24-11-8-15-2-7-19(21)26-14-15)25-12-9-17-10-13-28(27-17)18-5-3-16(22)4-6-18;/h2-7,10,13-14H,8-9,11-12H2,1H3,(H2,23,24,25);1H. The third-order valence-corrected chi connectivity index (χ3v) is 4.35. The van der Waals surface area contributed by atoms with E-state index >= 15 is 0 Å². The second-order valence-electron chi connectivity index (χ2n) is 6.14. The van der Waals surface area contributed by atoms with Gasteiger partial charge in [-0.1, -0.05) is 17.7 Å². The van der Waals surface area contributed by atoms with E-state index in [4.69, 9.17) is 11.6 Å². The molecule has 0 amide bonds. The Morgan fingerprint density at radius 2 is 1.79 bits per heavy atom. The largest absolute Gasteiger partial charge is 0.356 e. The Balaban J connectivity index is 0.00000300. The lowest BCUT2D eigenvalue weighted by molar-refractivity contribution is 0.627. The smallest absolute Gasteiger partial charge is 0.190 e. The second kappa shape index (κ2) is 11.7. The maximum atomic E-state index is 13.0. The van der Waals surface area contributed by atoms with Gasteiger partial charge in [-0.15, -0.1) is 24.0 Å². The first-order chi connectivity index (χ1) is 13.6. The quantitative estimate of drug-likeness (QED) is 0.213. The van der Waals surface area contributed by atoms with E-state index in [1.54, 1.807) is 36.1 Å². The fraction of sp³-hybridized carbons (Fsp3) is 0.250. The molecule has 0 saturated carbocycles. The number of aliphatic imine (C=N–C) groups is 1. The van der Waals surface area contributed by atoms with Gasteiger partial charge in [-0.05, 0) is 48.4 Å². The van der Waals surface area contributed by atoms with Gasteiger partial charge in [-0.3, -0.25) is 4.99 Å². The lowest BCUT2D eigenvalue weighted by Gasteiger charge is -2.11. The van der Waals surface area contributed by atoms with Gasteiger partial charge in [0.05, 0.1) is 11.4 Å². The van der Waals surface area contributed by atoms with Gasteiger partial charge in [-0.25, -0.2) is 14.1 Å². The molecule has 3 aromatic rings. The van der Waals surface area contributed by atoms with Crippen LogP contribution < -0.4 is 10.6 Å². The van der Waals surface area contributed by atoms with E-state index in [-0.39, 0.29) is 29.8 Å². The highest BCUT2D eigenvalue weighted by molar-refractivity contribution is 14.0. The summed E-state index contributed by atoms with van der Waals surface area (Å²) in [5, 5.41) is 11.6. The fourth-order valence-corrected chi connectivity index (χ4v) is 2.75. The summed E-state index contributed by atoms with van der Waals surface area (Å²) in [6.07, 6.45) is 5.22. The predicted octanol–water partition coefficient (Wildman–Crippen LogP) is 3.63. The molecule has 1 aromatic carbocycles. The Labute approximate surface area is 191 Å². The lowest BCUT2D eigenvalue weighted by atomic mass is 10.2. The zero-order valence-electron chi connectivity index (χ0n) is 16.0. The minimum absolute atomic E-state index is 0. The Kier molecular flexibility index (Phi) is 9.33. The van der Waals surface area contributed by atoms with Crippen molar-refractivity contribution in [1.29, 1.82) is 0 Å². The van der Waals surface area contributed by atoms with Crippen LogP contribution >= 0.6 is 35.6 Å². The highest BCUT2D eigenvalue weighted by atomic mass is 127. The molecule has 0 bridgehead atoms. The number of hydrogen-bond donors (Lipinski definition) is 2. The molecule has 29 heavy (non-hydrogen) atoms. The number of pyridine rings is 1. The number of nitrogens with zero attached hydrogens (tertiary/aromatic N) is 4. The molecule has 0 aliphatic heterocycles. The molecule has 0 aliphatic carbocycles. The number of hydrogen-bond acceptors (Lipinski definition) is 3. The Hall–Kier alpha value is -2.20. The van der Waals surface area contributed by atoms with Crippen molar-refractivity contribution in [3.05, 3.63) is 77.1 Å². The third kappa shape index (κ3) is 7.28. The average molecular weight is 529 g/mol. The summed E-state index contributed by atoms with van der Waals surface area (Å²) in [7, 11) is 1.74. The van der Waals surface area contributed by atoms with Crippen LogP contribution in [0, 0.1) is 5.82 Å². The second-order valence-corrected chi connectivity index (χ2v) is 6.53. The van der Waals surface area contributed by atoms with Crippen molar-refractivity contribution in [2.24, 2.45) is 4.99 Å². The number of benzene rings is 1. The summed E-state index contributed by atoms with van der Waals surface area (Å²) in [6, 6.07) is 12.0. The van der Waals surface area contributed by atoms with E-state index in [0.717, 1.165) is 42.3 Å². The third-order valence-electron chi connectivity index (χ3n) is 4.13. The molecule has 2 N–H and O–H groups in total. The molecule has 0 unspecified atom stereocenters. The zero-order valence-corrected chi connectivity index (χ0v) is 19.1. The van der Waals surface area contributed by atoms with Crippen molar-refractivity contribution < 1.29 is 4.39 Å². The molecule has 0 radical (unpaired) electrons. The van der Waals surface area contributed by atoms with Crippen LogP contribution in [0.3, 0.4) is 0 Å². The molecular formula is C20H23ClFIN6. The Morgan fingerprint density at radius 3 is 2.45 bits per heavy atom. The van der Waals surface area contributed by atoms with Crippen molar-refractivity contribution in [3.63, 3.8) is 0 Å². The predicted molar refractivity (Wildman–Crippen MR) is 125 cm³/mol.